The quantitative estimate of drug-likeness (QED) is 0.517. The standard InChI is InChI=1S/C11H26N2O3/c1-12(2)5-6-13(3)9-11(14)10-16-8-7-15-4/h11,14H,5-10H2,1-4H3. The van der Waals surface area contributed by atoms with Crippen LogP contribution in [0.15, 0.2) is 0 Å². The van der Waals surface area contributed by atoms with Gasteiger partial charge in [0.1, 0.15) is 0 Å². The Hall–Kier alpha value is -0.200. The summed E-state index contributed by atoms with van der Waals surface area (Å²) in [6, 6.07) is 0. The molecule has 0 aliphatic rings. The van der Waals surface area contributed by atoms with Crippen molar-refractivity contribution in [2.45, 2.75) is 6.10 Å². The van der Waals surface area contributed by atoms with Gasteiger partial charge >= 0.3 is 0 Å². The zero-order chi connectivity index (χ0) is 12.4. The predicted octanol–water partition coefficient (Wildman–Crippen LogP) is -0.496. The summed E-state index contributed by atoms with van der Waals surface area (Å²) in [5.41, 5.74) is 0. The highest BCUT2D eigenvalue weighted by Crippen LogP contribution is 1.91. The van der Waals surface area contributed by atoms with Gasteiger partial charge in [0.25, 0.3) is 0 Å². The van der Waals surface area contributed by atoms with Gasteiger partial charge in [0.15, 0.2) is 0 Å². The molecule has 5 nitrogen and oxygen atoms in total. The lowest BCUT2D eigenvalue weighted by molar-refractivity contribution is 0.00198. The van der Waals surface area contributed by atoms with Gasteiger partial charge in [-0.15, -0.1) is 0 Å². The van der Waals surface area contributed by atoms with Crippen molar-refractivity contribution in [2.75, 3.05) is 67.7 Å². The Labute approximate surface area is 98.9 Å². The molecular weight excluding hydrogens is 208 g/mol. The van der Waals surface area contributed by atoms with E-state index in [-0.39, 0.29) is 0 Å². The molecule has 1 atom stereocenters. The third-order valence-electron chi connectivity index (χ3n) is 2.19. The minimum absolute atomic E-state index is 0.371. The molecule has 16 heavy (non-hydrogen) atoms. The van der Waals surface area contributed by atoms with E-state index in [1.54, 1.807) is 7.11 Å². The number of aliphatic hydroxyl groups excluding tert-OH is 1. The van der Waals surface area contributed by atoms with Crippen LogP contribution in [0.1, 0.15) is 0 Å². The monoisotopic (exact) mass is 234 g/mol. The maximum Gasteiger partial charge on any atom is 0.0900 e. The Bertz CT molecular complexity index is 156. The lowest BCUT2D eigenvalue weighted by Gasteiger charge is -2.22. The van der Waals surface area contributed by atoms with Crippen LogP contribution in [0, 0.1) is 0 Å². The molecule has 0 rings (SSSR count). The number of nitrogens with zero attached hydrogens (tertiary/aromatic N) is 2. The van der Waals surface area contributed by atoms with Gasteiger partial charge in [-0.05, 0) is 21.1 Å². The van der Waals surface area contributed by atoms with Crippen LogP contribution >= 0.6 is 0 Å². The number of hydrogen-bond donors (Lipinski definition) is 1. The average Bonchev–Trinajstić information content (AvgIpc) is 2.21. The molecule has 0 spiro atoms. The van der Waals surface area contributed by atoms with Crippen molar-refractivity contribution in [3.05, 3.63) is 0 Å². The number of rotatable bonds is 10. The molecule has 0 amide bonds. The SMILES string of the molecule is COCCOCC(O)CN(C)CCN(C)C. The highest BCUT2D eigenvalue weighted by molar-refractivity contribution is 4.61. The molecule has 0 aliphatic carbocycles. The van der Waals surface area contributed by atoms with Crippen LogP contribution in [0.4, 0.5) is 0 Å². The number of hydrogen-bond acceptors (Lipinski definition) is 5. The molecule has 98 valence electrons. The zero-order valence-electron chi connectivity index (χ0n) is 11.0. The van der Waals surface area contributed by atoms with E-state index in [0.717, 1.165) is 13.1 Å². The smallest absolute Gasteiger partial charge is 0.0900 e. The summed E-state index contributed by atoms with van der Waals surface area (Å²) in [4.78, 5) is 4.22. The fraction of sp³-hybridized carbons (Fsp3) is 1.00. The molecule has 0 saturated carbocycles. The van der Waals surface area contributed by atoms with Crippen LogP contribution in [-0.2, 0) is 9.47 Å². The minimum atomic E-state index is -0.427. The molecule has 0 aliphatic heterocycles. The molecule has 0 saturated heterocycles. The summed E-state index contributed by atoms with van der Waals surface area (Å²) < 4.78 is 10.1. The third kappa shape index (κ3) is 10.3. The first kappa shape index (κ1) is 15.8. The maximum atomic E-state index is 9.66. The molecular formula is C11H26N2O3. The van der Waals surface area contributed by atoms with Crippen molar-refractivity contribution in [2.24, 2.45) is 0 Å². The Morgan fingerprint density at radius 2 is 1.81 bits per heavy atom. The van der Waals surface area contributed by atoms with Gasteiger partial charge in [-0.25, -0.2) is 0 Å². The first-order valence-corrected chi connectivity index (χ1v) is 5.64. The van der Waals surface area contributed by atoms with Gasteiger partial charge in [0.2, 0.25) is 0 Å². The molecule has 0 bridgehead atoms. The van der Waals surface area contributed by atoms with Gasteiger partial charge in [-0.3, -0.25) is 0 Å². The number of methoxy groups -OCH3 is 1. The summed E-state index contributed by atoms with van der Waals surface area (Å²) in [7, 11) is 7.72. The van der Waals surface area contributed by atoms with E-state index in [2.05, 4.69) is 9.80 Å². The molecule has 0 aromatic heterocycles. The molecule has 1 unspecified atom stereocenters. The highest BCUT2D eigenvalue weighted by atomic mass is 16.5. The van der Waals surface area contributed by atoms with E-state index in [1.165, 1.54) is 0 Å². The second-order valence-corrected chi connectivity index (χ2v) is 4.29. The second-order valence-electron chi connectivity index (χ2n) is 4.29. The number of aliphatic hydroxyl groups is 1. The Morgan fingerprint density at radius 3 is 2.38 bits per heavy atom. The first-order valence-electron chi connectivity index (χ1n) is 5.64. The lowest BCUT2D eigenvalue weighted by atomic mass is 10.3. The van der Waals surface area contributed by atoms with Crippen LogP contribution < -0.4 is 0 Å². The number of likely N-dealkylation sites (N-methyl/N-ethyl adjacent to an activating group) is 2. The van der Waals surface area contributed by atoms with Crippen LogP contribution in [0.3, 0.4) is 0 Å². The molecule has 0 radical (unpaired) electrons. The lowest BCUT2D eigenvalue weighted by Crippen LogP contribution is -2.36. The summed E-state index contributed by atoms with van der Waals surface area (Å²) in [5, 5.41) is 9.66. The molecule has 0 aromatic rings. The van der Waals surface area contributed by atoms with Gasteiger partial charge in [0.05, 0.1) is 25.9 Å². The second kappa shape index (κ2) is 9.99. The van der Waals surface area contributed by atoms with Gasteiger partial charge in [0, 0.05) is 26.7 Å². The van der Waals surface area contributed by atoms with Crippen LogP contribution in [0.5, 0.6) is 0 Å². The minimum Gasteiger partial charge on any atom is -0.389 e. The largest absolute Gasteiger partial charge is 0.389 e. The molecule has 0 fully saturated rings. The first-order chi connectivity index (χ1) is 7.56. The van der Waals surface area contributed by atoms with Crippen molar-refractivity contribution in [1.82, 2.24) is 9.80 Å². The summed E-state index contributed by atoms with van der Waals surface area (Å²) in [6.07, 6.45) is -0.427. The van der Waals surface area contributed by atoms with Crippen molar-refractivity contribution < 1.29 is 14.6 Å². The van der Waals surface area contributed by atoms with Gasteiger partial charge in [-0.2, -0.15) is 0 Å². The molecule has 1 N–H and O–H groups in total. The van der Waals surface area contributed by atoms with E-state index in [0.29, 0.717) is 26.4 Å². The third-order valence-corrected chi connectivity index (χ3v) is 2.19. The summed E-state index contributed by atoms with van der Waals surface area (Å²) in [6.45, 7) is 4.06. The van der Waals surface area contributed by atoms with Crippen LogP contribution in [-0.4, -0.2) is 88.7 Å². The van der Waals surface area contributed by atoms with E-state index in [1.807, 2.05) is 21.1 Å². The van der Waals surface area contributed by atoms with Crippen molar-refractivity contribution in [3.63, 3.8) is 0 Å². The van der Waals surface area contributed by atoms with Gasteiger partial charge in [-0.1, -0.05) is 0 Å². The van der Waals surface area contributed by atoms with Crippen molar-refractivity contribution in [3.8, 4) is 0 Å². The Balaban J connectivity index is 3.42. The predicted molar refractivity (Wildman–Crippen MR) is 64.8 cm³/mol. The Kier molecular flexibility index (Phi) is 9.86. The fourth-order valence-electron chi connectivity index (χ4n) is 1.24. The van der Waals surface area contributed by atoms with Crippen LogP contribution in [0.25, 0.3) is 0 Å². The zero-order valence-corrected chi connectivity index (χ0v) is 11.0. The van der Waals surface area contributed by atoms with Crippen LogP contribution in [0.2, 0.25) is 0 Å². The summed E-state index contributed by atoms with van der Waals surface area (Å²) >= 11 is 0. The van der Waals surface area contributed by atoms with E-state index < -0.39 is 6.10 Å². The van der Waals surface area contributed by atoms with E-state index in [9.17, 15) is 5.11 Å². The van der Waals surface area contributed by atoms with Crippen molar-refractivity contribution in [1.29, 1.82) is 0 Å². The molecule has 0 heterocycles. The fourth-order valence-corrected chi connectivity index (χ4v) is 1.24. The summed E-state index contributed by atoms with van der Waals surface area (Å²) in [5.74, 6) is 0. The topological polar surface area (TPSA) is 45.2 Å². The van der Waals surface area contributed by atoms with E-state index >= 15 is 0 Å². The average molecular weight is 234 g/mol. The van der Waals surface area contributed by atoms with Gasteiger partial charge < -0.3 is 24.4 Å². The van der Waals surface area contributed by atoms with E-state index in [4.69, 9.17) is 9.47 Å². The normalized spacial score (nSPS) is 13.7. The number of ether oxygens (including phenoxy) is 2. The maximum absolute atomic E-state index is 9.66. The molecule has 0 aromatic carbocycles. The van der Waals surface area contributed by atoms with Crippen molar-refractivity contribution >= 4 is 0 Å². The highest BCUT2D eigenvalue weighted by Gasteiger charge is 2.08. The molecule has 5 heteroatoms. The Morgan fingerprint density at radius 1 is 1.12 bits per heavy atom.